The molecule has 2 aromatic heterocycles. The SMILES string of the molecule is CCCCOc1ccc(N(C(=O)c2snc(C(N)=O)c2N)[C@H](C(=O)NC(C)(C)C)c2ccncc2)cc1. The van der Waals surface area contributed by atoms with Gasteiger partial charge in [0.1, 0.15) is 16.7 Å². The molecule has 0 saturated heterocycles. The van der Waals surface area contributed by atoms with Gasteiger partial charge >= 0.3 is 0 Å². The Morgan fingerprint density at radius 1 is 1.11 bits per heavy atom. The number of amides is 3. The van der Waals surface area contributed by atoms with Gasteiger partial charge < -0.3 is 21.5 Å². The van der Waals surface area contributed by atoms with E-state index in [4.69, 9.17) is 16.2 Å². The molecule has 1 atom stereocenters. The molecule has 2 heterocycles. The second-order valence-corrected chi connectivity index (χ2v) is 10.2. The van der Waals surface area contributed by atoms with Gasteiger partial charge in [0.25, 0.3) is 11.8 Å². The van der Waals surface area contributed by atoms with E-state index in [-0.39, 0.29) is 16.3 Å². The van der Waals surface area contributed by atoms with Gasteiger partial charge in [0.15, 0.2) is 5.69 Å². The molecule has 196 valence electrons. The zero-order valence-electron chi connectivity index (χ0n) is 21.4. The maximum Gasteiger partial charge on any atom is 0.273 e. The minimum absolute atomic E-state index is 0.000290. The lowest BCUT2D eigenvalue weighted by atomic mass is 10.0. The summed E-state index contributed by atoms with van der Waals surface area (Å²) in [6.45, 7) is 8.20. The number of nitrogen functional groups attached to an aromatic ring is 1. The van der Waals surface area contributed by atoms with Gasteiger partial charge in [-0.15, -0.1) is 0 Å². The Morgan fingerprint density at radius 3 is 2.30 bits per heavy atom. The van der Waals surface area contributed by atoms with Gasteiger partial charge in [0, 0.05) is 23.6 Å². The van der Waals surface area contributed by atoms with Crippen molar-refractivity contribution in [2.75, 3.05) is 17.2 Å². The van der Waals surface area contributed by atoms with Crippen LogP contribution in [0.3, 0.4) is 0 Å². The highest BCUT2D eigenvalue weighted by Gasteiger charge is 2.37. The first-order valence-electron chi connectivity index (χ1n) is 11.9. The van der Waals surface area contributed by atoms with Gasteiger partial charge in [0.2, 0.25) is 5.91 Å². The van der Waals surface area contributed by atoms with E-state index >= 15 is 0 Å². The monoisotopic (exact) mass is 524 g/mol. The highest BCUT2D eigenvalue weighted by Crippen LogP contribution is 2.34. The van der Waals surface area contributed by atoms with Crippen LogP contribution < -0.4 is 26.4 Å². The minimum atomic E-state index is -1.08. The number of primary amides is 1. The van der Waals surface area contributed by atoms with E-state index in [2.05, 4.69) is 21.6 Å². The topological polar surface area (TPSA) is 154 Å². The second-order valence-electron chi connectivity index (χ2n) is 9.43. The lowest BCUT2D eigenvalue weighted by Gasteiger charge is -2.33. The molecule has 37 heavy (non-hydrogen) atoms. The van der Waals surface area contributed by atoms with Crippen LogP contribution in [0.5, 0.6) is 5.75 Å². The fraction of sp³-hybridized carbons (Fsp3) is 0.346. The maximum absolute atomic E-state index is 14.0. The first-order valence-corrected chi connectivity index (χ1v) is 12.6. The van der Waals surface area contributed by atoms with Crippen LogP contribution in [-0.2, 0) is 4.79 Å². The minimum Gasteiger partial charge on any atom is -0.494 e. The number of ether oxygens (including phenoxy) is 1. The number of unbranched alkanes of at least 4 members (excludes halogenated alkanes) is 1. The van der Waals surface area contributed by atoms with E-state index < -0.39 is 29.3 Å². The van der Waals surface area contributed by atoms with Crippen LogP contribution in [-0.4, -0.2) is 39.2 Å². The summed E-state index contributed by atoms with van der Waals surface area (Å²) in [6.07, 6.45) is 5.01. The van der Waals surface area contributed by atoms with Crippen molar-refractivity contribution in [1.29, 1.82) is 0 Å². The number of pyridine rings is 1. The predicted octanol–water partition coefficient (Wildman–Crippen LogP) is 3.70. The molecule has 3 amide bonds. The quantitative estimate of drug-likeness (QED) is 0.342. The van der Waals surface area contributed by atoms with Crippen molar-refractivity contribution in [2.45, 2.75) is 52.1 Å². The standard InChI is InChI=1S/C26H32N6O4S/c1-5-6-15-36-18-9-7-17(8-10-18)32(25(35)22-19(27)20(23(28)33)31-37-22)21(16-11-13-29-14-12-16)24(34)30-26(2,3)4/h7-14,21H,5-6,15,27H2,1-4H3,(H2,28,33)(H,30,34)/t21-/m0/s1. The molecule has 0 bridgehead atoms. The summed E-state index contributed by atoms with van der Waals surface area (Å²) in [5.74, 6) is -1.22. The van der Waals surface area contributed by atoms with E-state index in [1.807, 2.05) is 20.8 Å². The molecular weight excluding hydrogens is 492 g/mol. The van der Waals surface area contributed by atoms with Gasteiger partial charge in [-0.25, -0.2) is 0 Å². The normalized spacial score (nSPS) is 12.0. The smallest absolute Gasteiger partial charge is 0.273 e. The third-order valence-corrected chi connectivity index (χ3v) is 6.13. The molecule has 0 fully saturated rings. The van der Waals surface area contributed by atoms with E-state index in [0.29, 0.717) is 23.6 Å². The van der Waals surface area contributed by atoms with Crippen molar-refractivity contribution in [2.24, 2.45) is 5.73 Å². The Kier molecular flexibility index (Phi) is 8.82. The van der Waals surface area contributed by atoms with Crippen molar-refractivity contribution in [3.8, 4) is 5.75 Å². The molecule has 0 unspecified atom stereocenters. The first kappa shape index (κ1) is 27.6. The number of hydrogen-bond donors (Lipinski definition) is 3. The number of benzene rings is 1. The molecule has 3 rings (SSSR count). The maximum atomic E-state index is 14.0. The summed E-state index contributed by atoms with van der Waals surface area (Å²) >= 11 is 0.754. The molecule has 1 aromatic carbocycles. The Bertz CT molecular complexity index is 1240. The highest BCUT2D eigenvalue weighted by atomic mass is 32.1. The van der Waals surface area contributed by atoms with E-state index in [1.54, 1.807) is 48.8 Å². The van der Waals surface area contributed by atoms with Gasteiger partial charge in [-0.2, -0.15) is 4.37 Å². The average molecular weight is 525 g/mol. The summed E-state index contributed by atoms with van der Waals surface area (Å²) in [6, 6.07) is 9.12. The van der Waals surface area contributed by atoms with Crippen molar-refractivity contribution in [3.05, 3.63) is 64.9 Å². The van der Waals surface area contributed by atoms with Crippen LogP contribution in [0.1, 0.15) is 72.3 Å². The summed E-state index contributed by atoms with van der Waals surface area (Å²) < 4.78 is 9.73. The predicted molar refractivity (Wildman–Crippen MR) is 144 cm³/mol. The number of carbonyl (C=O) groups excluding carboxylic acids is 3. The molecule has 0 aliphatic heterocycles. The van der Waals surface area contributed by atoms with Crippen LogP contribution in [0.4, 0.5) is 11.4 Å². The molecule has 0 spiro atoms. The number of hydrogen-bond acceptors (Lipinski definition) is 8. The van der Waals surface area contributed by atoms with Crippen molar-refractivity contribution in [3.63, 3.8) is 0 Å². The number of nitrogens with one attached hydrogen (secondary N) is 1. The summed E-state index contributed by atoms with van der Waals surface area (Å²) in [5, 5.41) is 2.96. The van der Waals surface area contributed by atoms with Crippen LogP contribution in [0.15, 0.2) is 48.8 Å². The highest BCUT2D eigenvalue weighted by molar-refractivity contribution is 7.09. The first-order chi connectivity index (χ1) is 17.5. The average Bonchev–Trinajstić information content (AvgIpc) is 3.24. The zero-order valence-corrected chi connectivity index (χ0v) is 22.2. The van der Waals surface area contributed by atoms with Crippen LogP contribution >= 0.6 is 11.5 Å². The second kappa shape index (κ2) is 11.8. The molecule has 11 heteroatoms. The van der Waals surface area contributed by atoms with Crippen LogP contribution in [0.2, 0.25) is 0 Å². The third-order valence-electron chi connectivity index (χ3n) is 5.28. The lowest BCUT2D eigenvalue weighted by Crippen LogP contribution is -2.49. The summed E-state index contributed by atoms with van der Waals surface area (Å²) in [4.78, 5) is 44.8. The van der Waals surface area contributed by atoms with E-state index in [1.165, 1.54) is 4.90 Å². The fourth-order valence-electron chi connectivity index (χ4n) is 3.56. The molecule has 0 aliphatic carbocycles. The Balaban J connectivity index is 2.14. The number of carbonyl (C=O) groups is 3. The lowest BCUT2D eigenvalue weighted by molar-refractivity contribution is -0.123. The van der Waals surface area contributed by atoms with Crippen LogP contribution in [0.25, 0.3) is 0 Å². The third kappa shape index (κ3) is 6.82. The van der Waals surface area contributed by atoms with Crippen LogP contribution in [0, 0.1) is 0 Å². The number of nitrogens with two attached hydrogens (primary N) is 2. The number of rotatable bonds is 10. The van der Waals surface area contributed by atoms with E-state index in [0.717, 1.165) is 24.4 Å². The molecule has 3 aromatic rings. The number of anilines is 2. The summed E-state index contributed by atoms with van der Waals surface area (Å²) in [5.41, 5.74) is 11.5. The number of nitrogens with zero attached hydrogens (tertiary/aromatic N) is 3. The van der Waals surface area contributed by atoms with Gasteiger partial charge in [-0.05, 0) is 80.7 Å². The summed E-state index contributed by atoms with van der Waals surface area (Å²) in [7, 11) is 0. The molecule has 10 nitrogen and oxygen atoms in total. The Morgan fingerprint density at radius 2 is 1.76 bits per heavy atom. The zero-order chi connectivity index (χ0) is 27.2. The molecule has 0 saturated carbocycles. The fourth-order valence-corrected chi connectivity index (χ4v) is 4.30. The molecular formula is C26H32N6O4S. The van der Waals surface area contributed by atoms with Gasteiger partial charge in [0.05, 0.1) is 12.3 Å². The van der Waals surface area contributed by atoms with Crippen molar-refractivity contribution < 1.29 is 19.1 Å². The number of aromatic nitrogens is 2. The van der Waals surface area contributed by atoms with E-state index in [9.17, 15) is 14.4 Å². The van der Waals surface area contributed by atoms with Gasteiger partial charge in [-0.3, -0.25) is 24.3 Å². The Labute approximate surface area is 220 Å². The van der Waals surface area contributed by atoms with Gasteiger partial charge in [-0.1, -0.05) is 13.3 Å². The van der Waals surface area contributed by atoms with Crippen molar-refractivity contribution >= 4 is 40.6 Å². The largest absolute Gasteiger partial charge is 0.494 e. The molecule has 0 radical (unpaired) electrons. The molecule has 0 aliphatic rings. The molecule has 5 N–H and O–H groups in total. The van der Waals surface area contributed by atoms with Crippen molar-refractivity contribution in [1.82, 2.24) is 14.7 Å². The Hall–Kier alpha value is -3.99.